The van der Waals surface area contributed by atoms with E-state index in [2.05, 4.69) is 22.3 Å². The van der Waals surface area contributed by atoms with Crippen molar-refractivity contribution in [3.8, 4) is 16.9 Å². The molecule has 0 aromatic heterocycles. The predicted molar refractivity (Wildman–Crippen MR) is 119 cm³/mol. The second kappa shape index (κ2) is 8.82. The van der Waals surface area contributed by atoms with E-state index in [-0.39, 0.29) is 12.5 Å². The van der Waals surface area contributed by atoms with Crippen molar-refractivity contribution in [1.29, 1.82) is 0 Å². The summed E-state index contributed by atoms with van der Waals surface area (Å²) in [5.41, 5.74) is 5.17. The van der Waals surface area contributed by atoms with Gasteiger partial charge in [0.2, 0.25) is 0 Å². The van der Waals surface area contributed by atoms with Crippen molar-refractivity contribution in [3.05, 3.63) is 78.4 Å². The zero-order valence-electron chi connectivity index (χ0n) is 16.7. The van der Waals surface area contributed by atoms with Gasteiger partial charge in [0.15, 0.2) is 6.61 Å². The first-order chi connectivity index (χ1) is 14.2. The van der Waals surface area contributed by atoms with Crippen LogP contribution in [0.3, 0.4) is 0 Å². The Morgan fingerprint density at radius 3 is 2.45 bits per heavy atom. The second-order valence-electron chi connectivity index (χ2n) is 7.39. The Labute approximate surface area is 172 Å². The third kappa shape index (κ3) is 4.60. The van der Waals surface area contributed by atoms with Gasteiger partial charge in [-0.25, -0.2) is 0 Å². The van der Waals surface area contributed by atoms with Crippen molar-refractivity contribution in [2.75, 3.05) is 29.9 Å². The highest BCUT2D eigenvalue weighted by Crippen LogP contribution is 2.30. The summed E-state index contributed by atoms with van der Waals surface area (Å²) in [6.45, 7) is 4.22. The molecule has 148 valence electrons. The fourth-order valence-electron chi connectivity index (χ4n) is 3.74. The van der Waals surface area contributed by atoms with Gasteiger partial charge in [-0.3, -0.25) is 4.79 Å². The number of benzene rings is 3. The number of nitrogens with zero attached hydrogens (tertiary/aromatic N) is 1. The molecule has 1 saturated heterocycles. The van der Waals surface area contributed by atoms with Gasteiger partial charge in [-0.2, -0.15) is 0 Å². The minimum atomic E-state index is -0.162. The summed E-state index contributed by atoms with van der Waals surface area (Å²) in [5.74, 6) is 0.542. The van der Waals surface area contributed by atoms with Crippen LogP contribution in [0.25, 0.3) is 11.1 Å². The molecule has 0 bridgehead atoms. The zero-order chi connectivity index (χ0) is 20.1. The third-order valence-corrected chi connectivity index (χ3v) is 5.29. The smallest absolute Gasteiger partial charge is 0.262 e. The molecule has 1 heterocycles. The van der Waals surface area contributed by atoms with Crippen molar-refractivity contribution in [1.82, 2.24) is 0 Å². The topological polar surface area (TPSA) is 41.6 Å². The molecule has 0 saturated carbocycles. The highest BCUT2D eigenvalue weighted by Gasteiger charge is 2.14. The molecule has 4 heteroatoms. The Balaban J connectivity index is 1.40. The molecule has 1 amide bonds. The minimum Gasteiger partial charge on any atom is -0.483 e. The van der Waals surface area contributed by atoms with Gasteiger partial charge < -0.3 is 15.0 Å². The lowest BCUT2D eigenvalue weighted by molar-refractivity contribution is -0.118. The highest BCUT2D eigenvalue weighted by atomic mass is 16.5. The van der Waals surface area contributed by atoms with E-state index in [1.54, 1.807) is 0 Å². The van der Waals surface area contributed by atoms with Crippen LogP contribution in [0.5, 0.6) is 5.75 Å². The molecule has 0 radical (unpaired) electrons. The van der Waals surface area contributed by atoms with Crippen LogP contribution >= 0.6 is 0 Å². The quantitative estimate of drug-likeness (QED) is 0.627. The maximum Gasteiger partial charge on any atom is 0.262 e. The number of hydrogen-bond donors (Lipinski definition) is 1. The van der Waals surface area contributed by atoms with Gasteiger partial charge in [0.05, 0.1) is 0 Å². The number of nitrogens with one attached hydrogen (secondary N) is 1. The van der Waals surface area contributed by atoms with Crippen molar-refractivity contribution in [2.45, 2.75) is 19.8 Å². The van der Waals surface area contributed by atoms with E-state index in [4.69, 9.17) is 4.74 Å². The molecule has 4 nitrogen and oxygen atoms in total. The standard InChI is InChI=1S/C25H26N2O2/c1-19-17-21(27-15-7-8-16-27)13-14-23(19)26-25(28)18-29-24-12-6-5-11-22(24)20-9-3-2-4-10-20/h2-6,9-14,17H,7-8,15-16,18H2,1H3,(H,26,28). The summed E-state index contributed by atoms with van der Waals surface area (Å²) >= 11 is 0. The first kappa shape index (κ1) is 19.1. The molecule has 0 unspecified atom stereocenters. The fraction of sp³-hybridized carbons (Fsp3) is 0.240. The summed E-state index contributed by atoms with van der Waals surface area (Å²) in [6.07, 6.45) is 2.50. The van der Waals surface area contributed by atoms with Gasteiger partial charge in [0.1, 0.15) is 5.75 Å². The van der Waals surface area contributed by atoms with E-state index in [1.165, 1.54) is 18.5 Å². The van der Waals surface area contributed by atoms with Gasteiger partial charge in [-0.1, -0.05) is 48.5 Å². The van der Waals surface area contributed by atoms with Gasteiger partial charge in [-0.05, 0) is 55.2 Å². The van der Waals surface area contributed by atoms with Crippen LogP contribution in [0.15, 0.2) is 72.8 Å². The molecule has 4 rings (SSSR count). The number of rotatable bonds is 6. The van der Waals surface area contributed by atoms with Crippen molar-refractivity contribution in [2.24, 2.45) is 0 Å². The Hall–Kier alpha value is -3.27. The van der Waals surface area contributed by atoms with Gasteiger partial charge in [0, 0.05) is 30.0 Å². The number of carbonyl (C=O) groups is 1. The number of aryl methyl sites for hydroxylation is 1. The van der Waals surface area contributed by atoms with E-state index in [0.717, 1.165) is 35.5 Å². The number of hydrogen-bond acceptors (Lipinski definition) is 3. The normalized spacial score (nSPS) is 13.3. The van der Waals surface area contributed by atoms with Crippen molar-refractivity contribution in [3.63, 3.8) is 0 Å². The zero-order valence-corrected chi connectivity index (χ0v) is 16.7. The lowest BCUT2D eigenvalue weighted by Crippen LogP contribution is -2.21. The van der Waals surface area contributed by atoms with Crippen LogP contribution in [-0.2, 0) is 4.79 Å². The Kier molecular flexibility index (Phi) is 5.80. The third-order valence-electron chi connectivity index (χ3n) is 5.29. The van der Waals surface area contributed by atoms with E-state index < -0.39 is 0 Å². The summed E-state index contributed by atoms with van der Waals surface area (Å²) in [7, 11) is 0. The number of amides is 1. The minimum absolute atomic E-state index is 0.0306. The van der Waals surface area contributed by atoms with Crippen molar-refractivity contribution >= 4 is 17.3 Å². The molecule has 1 N–H and O–H groups in total. The Morgan fingerprint density at radius 1 is 0.966 bits per heavy atom. The van der Waals surface area contributed by atoms with Crippen LogP contribution in [-0.4, -0.2) is 25.6 Å². The van der Waals surface area contributed by atoms with Crippen LogP contribution in [0, 0.1) is 6.92 Å². The highest BCUT2D eigenvalue weighted by molar-refractivity contribution is 5.93. The predicted octanol–water partition coefficient (Wildman–Crippen LogP) is 5.28. The molecule has 1 fully saturated rings. The molecule has 3 aromatic carbocycles. The average molecular weight is 386 g/mol. The molecule has 29 heavy (non-hydrogen) atoms. The maximum atomic E-state index is 12.5. The van der Waals surface area contributed by atoms with E-state index in [0.29, 0.717) is 5.75 Å². The van der Waals surface area contributed by atoms with E-state index in [1.807, 2.05) is 67.6 Å². The van der Waals surface area contributed by atoms with Crippen LogP contribution in [0.1, 0.15) is 18.4 Å². The number of para-hydroxylation sites is 1. The number of carbonyl (C=O) groups excluding carboxylic acids is 1. The maximum absolute atomic E-state index is 12.5. The molecule has 3 aromatic rings. The number of ether oxygens (including phenoxy) is 1. The summed E-state index contributed by atoms with van der Waals surface area (Å²) in [5, 5.41) is 2.98. The fourth-order valence-corrected chi connectivity index (χ4v) is 3.74. The summed E-state index contributed by atoms with van der Waals surface area (Å²) < 4.78 is 5.85. The average Bonchev–Trinajstić information content (AvgIpc) is 3.29. The summed E-state index contributed by atoms with van der Waals surface area (Å²) in [6, 6.07) is 24.0. The summed E-state index contributed by atoms with van der Waals surface area (Å²) in [4.78, 5) is 14.9. The molecule has 0 atom stereocenters. The Bertz CT molecular complexity index is 979. The Morgan fingerprint density at radius 2 is 1.69 bits per heavy atom. The number of anilines is 2. The molecule has 1 aliphatic heterocycles. The first-order valence-corrected chi connectivity index (χ1v) is 10.1. The molecular formula is C25H26N2O2. The molecule has 1 aliphatic rings. The largest absolute Gasteiger partial charge is 0.483 e. The molecule has 0 aliphatic carbocycles. The SMILES string of the molecule is Cc1cc(N2CCCC2)ccc1NC(=O)COc1ccccc1-c1ccccc1. The van der Waals surface area contributed by atoms with Crippen molar-refractivity contribution < 1.29 is 9.53 Å². The van der Waals surface area contributed by atoms with Gasteiger partial charge in [-0.15, -0.1) is 0 Å². The monoisotopic (exact) mass is 386 g/mol. The lowest BCUT2D eigenvalue weighted by atomic mass is 10.1. The van der Waals surface area contributed by atoms with Crippen LogP contribution < -0.4 is 15.0 Å². The van der Waals surface area contributed by atoms with E-state index in [9.17, 15) is 4.79 Å². The van der Waals surface area contributed by atoms with Gasteiger partial charge >= 0.3 is 0 Å². The van der Waals surface area contributed by atoms with Crippen LogP contribution in [0.2, 0.25) is 0 Å². The van der Waals surface area contributed by atoms with Gasteiger partial charge in [0.25, 0.3) is 5.91 Å². The van der Waals surface area contributed by atoms with Crippen LogP contribution in [0.4, 0.5) is 11.4 Å². The first-order valence-electron chi connectivity index (χ1n) is 10.1. The molecule has 0 spiro atoms. The second-order valence-corrected chi connectivity index (χ2v) is 7.39. The lowest BCUT2D eigenvalue weighted by Gasteiger charge is -2.19. The van der Waals surface area contributed by atoms with E-state index >= 15 is 0 Å². The molecular weight excluding hydrogens is 360 g/mol.